The third-order valence-electron chi connectivity index (χ3n) is 3.47. The summed E-state index contributed by atoms with van der Waals surface area (Å²) < 4.78 is 5.34. The number of hydrogen-bond acceptors (Lipinski definition) is 4. The summed E-state index contributed by atoms with van der Waals surface area (Å²) in [7, 11) is 1.71. The highest BCUT2D eigenvalue weighted by atomic mass is 16.5. The van der Waals surface area contributed by atoms with Gasteiger partial charge in [0.2, 0.25) is 0 Å². The predicted octanol–water partition coefficient (Wildman–Crippen LogP) is 1.40. The number of piperazine rings is 1. The second-order valence-corrected chi connectivity index (χ2v) is 4.72. The molecule has 0 radical (unpaired) electrons. The smallest absolute Gasteiger partial charge is 0.141 e. The first-order valence-electron chi connectivity index (χ1n) is 6.63. The van der Waals surface area contributed by atoms with Crippen LogP contribution in [0.3, 0.4) is 0 Å². The zero-order valence-electron chi connectivity index (χ0n) is 11.3. The van der Waals surface area contributed by atoms with Crippen LogP contribution in [-0.2, 0) is 0 Å². The normalized spacial score (nSPS) is 18.3. The summed E-state index contributed by atoms with van der Waals surface area (Å²) in [5, 5.41) is 6.85. The molecule has 1 heterocycles. The maximum Gasteiger partial charge on any atom is 0.141 e. The number of para-hydroxylation sites is 2. The van der Waals surface area contributed by atoms with Gasteiger partial charge in [0.15, 0.2) is 0 Å². The third-order valence-corrected chi connectivity index (χ3v) is 3.47. The summed E-state index contributed by atoms with van der Waals surface area (Å²) >= 11 is 0. The highest BCUT2D eigenvalue weighted by Gasteiger charge is 2.16. The zero-order valence-corrected chi connectivity index (χ0v) is 11.3. The molecule has 0 aliphatic carbocycles. The van der Waals surface area contributed by atoms with E-state index in [1.165, 1.54) is 0 Å². The minimum atomic E-state index is 0.539. The molecular formula is C14H23N3O. The third kappa shape index (κ3) is 3.37. The Morgan fingerprint density at radius 3 is 2.78 bits per heavy atom. The van der Waals surface area contributed by atoms with Gasteiger partial charge >= 0.3 is 0 Å². The summed E-state index contributed by atoms with van der Waals surface area (Å²) in [6.45, 7) is 7.68. The Labute approximate surface area is 109 Å². The lowest BCUT2D eigenvalue weighted by Crippen LogP contribution is -2.49. The van der Waals surface area contributed by atoms with Gasteiger partial charge in [-0.05, 0) is 19.1 Å². The molecule has 1 unspecified atom stereocenters. The van der Waals surface area contributed by atoms with Crippen LogP contribution >= 0.6 is 0 Å². The van der Waals surface area contributed by atoms with Gasteiger partial charge in [-0.2, -0.15) is 0 Å². The van der Waals surface area contributed by atoms with Crippen molar-refractivity contribution in [2.24, 2.45) is 0 Å². The highest BCUT2D eigenvalue weighted by Crippen LogP contribution is 2.23. The van der Waals surface area contributed by atoms with E-state index >= 15 is 0 Å². The molecule has 100 valence electrons. The van der Waals surface area contributed by atoms with Crippen molar-refractivity contribution >= 4 is 5.69 Å². The van der Waals surface area contributed by atoms with Crippen molar-refractivity contribution in [3.8, 4) is 5.75 Å². The van der Waals surface area contributed by atoms with Crippen LogP contribution in [0, 0.1) is 0 Å². The number of hydrogen-bond donors (Lipinski definition) is 2. The van der Waals surface area contributed by atoms with E-state index in [1.807, 2.05) is 18.2 Å². The van der Waals surface area contributed by atoms with E-state index in [2.05, 4.69) is 28.5 Å². The fraction of sp³-hybridized carbons (Fsp3) is 0.571. The first-order valence-corrected chi connectivity index (χ1v) is 6.63. The van der Waals surface area contributed by atoms with Crippen molar-refractivity contribution in [3.63, 3.8) is 0 Å². The molecule has 1 saturated heterocycles. The number of nitrogens with zero attached hydrogens (tertiary/aromatic N) is 1. The Hall–Kier alpha value is -1.26. The van der Waals surface area contributed by atoms with E-state index < -0.39 is 0 Å². The molecule has 1 aromatic carbocycles. The minimum absolute atomic E-state index is 0.539. The molecule has 1 atom stereocenters. The van der Waals surface area contributed by atoms with Gasteiger partial charge in [0.1, 0.15) is 5.75 Å². The quantitative estimate of drug-likeness (QED) is 0.827. The zero-order chi connectivity index (χ0) is 12.8. The first kappa shape index (κ1) is 13.2. The summed E-state index contributed by atoms with van der Waals surface area (Å²) in [6.07, 6.45) is 0. The molecule has 1 aliphatic rings. The van der Waals surface area contributed by atoms with E-state index in [1.54, 1.807) is 7.11 Å². The van der Waals surface area contributed by atoms with Gasteiger partial charge in [-0.3, -0.25) is 4.90 Å². The Morgan fingerprint density at radius 1 is 1.33 bits per heavy atom. The van der Waals surface area contributed by atoms with Crippen molar-refractivity contribution < 1.29 is 4.74 Å². The van der Waals surface area contributed by atoms with Crippen molar-refractivity contribution in [2.45, 2.75) is 13.0 Å². The summed E-state index contributed by atoms with van der Waals surface area (Å²) in [5.41, 5.74) is 1.07. The van der Waals surface area contributed by atoms with Gasteiger partial charge in [-0.1, -0.05) is 12.1 Å². The average molecular weight is 249 g/mol. The van der Waals surface area contributed by atoms with Crippen molar-refractivity contribution in [1.82, 2.24) is 10.2 Å². The topological polar surface area (TPSA) is 36.5 Å². The average Bonchev–Trinajstić information content (AvgIpc) is 2.46. The summed E-state index contributed by atoms with van der Waals surface area (Å²) in [4.78, 5) is 2.51. The van der Waals surface area contributed by atoms with Crippen LogP contribution < -0.4 is 15.4 Å². The molecule has 2 N–H and O–H groups in total. The number of nitrogens with one attached hydrogen (secondary N) is 2. The van der Waals surface area contributed by atoms with Crippen LogP contribution in [0.1, 0.15) is 6.92 Å². The molecule has 0 amide bonds. The van der Waals surface area contributed by atoms with Crippen molar-refractivity contribution in [3.05, 3.63) is 24.3 Å². The maximum absolute atomic E-state index is 5.34. The van der Waals surface area contributed by atoms with Crippen LogP contribution in [0.25, 0.3) is 0 Å². The van der Waals surface area contributed by atoms with Crippen LogP contribution in [-0.4, -0.2) is 50.8 Å². The van der Waals surface area contributed by atoms with Gasteiger partial charge in [-0.15, -0.1) is 0 Å². The second kappa shape index (κ2) is 6.61. The lowest BCUT2D eigenvalue weighted by Gasteiger charge is -2.33. The van der Waals surface area contributed by atoms with E-state index in [9.17, 15) is 0 Å². The largest absolute Gasteiger partial charge is 0.495 e. The SMILES string of the molecule is COc1ccccc1NCC(C)N1CCNCC1. The second-order valence-electron chi connectivity index (χ2n) is 4.72. The molecule has 0 aromatic heterocycles. The molecule has 2 rings (SSSR count). The monoisotopic (exact) mass is 249 g/mol. The van der Waals surface area contributed by atoms with E-state index in [4.69, 9.17) is 4.74 Å². The maximum atomic E-state index is 5.34. The molecule has 0 bridgehead atoms. The lowest BCUT2D eigenvalue weighted by molar-refractivity contribution is 0.191. The number of rotatable bonds is 5. The van der Waals surface area contributed by atoms with Gasteiger partial charge < -0.3 is 15.4 Å². The molecule has 4 heteroatoms. The van der Waals surface area contributed by atoms with Gasteiger partial charge in [0.25, 0.3) is 0 Å². The molecule has 18 heavy (non-hydrogen) atoms. The minimum Gasteiger partial charge on any atom is -0.495 e. The molecule has 0 saturated carbocycles. The summed E-state index contributed by atoms with van der Waals surface area (Å²) in [6, 6.07) is 8.60. The Morgan fingerprint density at radius 2 is 2.06 bits per heavy atom. The van der Waals surface area contributed by atoms with Crippen LogP contribution in [0.4, 0.5) is 5.69 Å². The Balaban J connectivity index is 1.86. The van der Waals surface area contributed by atoms with Gasteiger partial charge in [0, 0.05) is 38.8 Å². The van der Waals surface area contributed by atoms with Crippen molar-refractivity contribution in [2.75, 3.05) is 45.2 Å². The van der Waals surface area contributed by atoms with E-state index in [0.717, 1.165) is 44.2 Å². The summed E-state index contributed by atoms with van der Waals surface area (Å²) in [5.74, 6) is 0.907. The number of methoxy groups -OCH3 is 1. The van der Waals surface area contributed by atoms with Crippen LogP contribution in [0.5, 0.6) is 5.75 Å². The fourth-order valence-electron chi connectivity index (χ4n) is 2.30. The molecule has 4 nitrogen and oxygen atoms in total. The predicted molar refractivity (Wildman–Crippen MR) is 75.4 cm³/mol. The van der Waals surface area contributed by atoms with E-state index in [0.29, 0.717) is 6.04 Å². The van der Waals surface area contributed by atoms with Gasteiger partial charge in [0.05, 0.1) is 12.8 Å². The van der Waals surface area contributed by atoms with Crippen LogP contribution in [0.2, 0.25) is 0 Å². The van der Waals surface area contributed by atoms with Gasteiger partial charge in [-0.25, -0.2) is 0 Å². The van der Waals surface area contributed by atoms with Crippen LogP contribution in [0.15, 0.2) is 24.3 Å². The molecular weight excluding hydrogens is 226 g/mol. The standard InChI is InChI=1S/C14H23N3O/c1-12(17-9-7-15-8-10-17)11-16-13-5-3-4-6-14(13)18-2/h3-6,12,15-16H,7-11H2,1-2H3. The molecule has 1 aliphatic heterocycles. The number of ether oxygens (including phenoxy) is 1. The Kier molecular flexibility index (Phi) is 4.84. The molecule has 1 fully saturated rings. The molecule has 0 spiro atoms. The van der Waals surface area contributed by atoms with E-state index in [-0.39, 0.29) is 0 Å². The van der Waals surface area contributed by atoms with Crippen molar-refractivity contribution in [1.29, 1.82) is 0 Å². The first-order chi connectivity index (χ1) is 8.81. The lowest BCUT2D eigenvalue weighted by atomic mass is 10.2. The Bertz CT molecular complexity index is 364. The highest BCUT2D eigenvalue weighted by molar-refractivity contribution is 5.56. The fourth-order valence-corrected chi connectivity index (χ4v) is 2.30. The number of benzene rings is 1. The number of anilines is 1. The molecule has 1 aromatic rings.